The first-order valence-corrected chi connectivity index (χ1v) is 5.31. The highest BCUT2D eigenvalue weighted by Crippen LogP contribution is 2.04. The van der Waals surface area contributed by atoms with Crippen molar-refractivity contribution in [2.45, 2.75) is 24.7 Å². The molecule has 0 saturated heterocycles. The van der Waals surface area contributed by atoms with Crippen molar-refractivity contribution in [2.24, 2.45) is 7.05 Å². The molecule has 0 spiro atoms. The lowest BCUT2D eigenvalue weighted by molar-refractivity contribution is -0.120. The summed E-state index contributed by atoms with van der Waals surface area (Å²) in [4.78, 5) is 11.2. The molecule has 5 nitrogen and oxygen atoms in total. The van der Waals surface area contributed by atoms with Gasteiger partial charge in [0.25, 0.3) is 0 Å². The maximum atomic E-state index is 11.4. The van der Waals surface area contributed by atoms with Gasteiger partial charge in [-0.15, -0.1) is 10.2 Å². The molecule has 1 unspecified atom stereocenters. The number of carbonyl (C=O) groups is 1. The van der Waals surface area contributed by atoms with Crippen LogP contribution in [-0.2, 0) is 18.4 Å². The number of hydrogen-bond acceptors (Lipinski definition) is 3. The van der Waals surface area contributed by atoms with Crippen molar-refractivity contribution in [3.05, 3.63) is 12.2 Å². The van der Waals surface area contributed by atoms with Gasteiger partial charge >= 0.3 is 0 Å². The van der Waals surface area contributed by atoms with Crippen LogP contribution >= 0.6 is 15.9 Å². The first kappa shape index (κ1) is 11.2. The minimum atomic E-state index is -0.129. The lowest BCUT2D eigenvalue weighted by Gasteiger charge is -2.07. The number of aromatic nitrogens is 3. The Balaban J connectivity index is 2.41. The van der Waals surface area contributed by atoms with Crippen molar-refractivity contribution < 1.29 is 4.79 Å². The normalized spacial score (nSPS) is 12.5. The zero-order chi connectivity index (χ0) is 10.6. The molecule has 0 aliphatic rings. The third kappa shape index (κ3) is 2.80. The van der Waals surface area contributed by atoms with E-state index in [1.807, 2.05) is 14.0 Å². The number of alkyl halides is 1. The van der Waals surface area contributed by atoms with E-state index in [1.165, 1.54) is 0 Å². The van der Waals surface area contributed by atoms with E-state index in [4.69, 9.17) is 0 Å². The minimum absolute atomic E-state index is 0.0181. The van der Waals surface area contributed by atoms with Gasteiger partial charge in [0, 0.05) is 7.05 Å². The Kier molecular flexibility index (Phi) is 4.06. The van der Waals surface area contributed by atoms with Crippen molar-refractivity contribution in [1.82, 2.24) is 20.1 Å². The molecule has 0 radical (unpaired) electrons. The average Bonchev–Trinajstić information content (AvgIpc) is 2.59. The summed E-state index contributed by atoms with van der Waals surface area (Å²) in [6.45, 7) is 2.36. The third-order valence-corrected chi connectivity index (χ3v) is 2.93. The summed E-state index contributed by atoms with van der Waals surface area (Å²) in [5.41, 5.74) is 0. The van der Waals surface area contributed by atoms with E-state index >= 15 is 0 Å². The lowest BCUT2D eigenvalue weighted by atomic mass is 10.3. The highest BCUT2D eigenvalue weighted by Gasteiger charge is 2.12. The van der Waals surface area contributed by atoms with Crippen molar-refractivity contribution >= 4 is 21.8 Å². The molecule has 1 N–H and O–H groups in total. The molecule has 0 saturated carbocycles. The standard InChI is InChI=1S/C8H13BrN4O/c1-3-6(9)8(14)10-4-7-12-11-5-13(7)2/h5-6H,3-4H2,1-2H3,(H,10,14). The fraction of sp³-hybridized carbons (Fsp3) is 0.625. The summed E-state index contributed by atoms with van der Waals surface area (Å²) in [6.07, 6.45) is 2.37. The van der Waals surface area contributed by atoms with Crippen molar-refractivity contribution in [3.63, 3.8) is 0 Å². The zero-order valence-electron chi connectivity index (χ0n) is 8.20. The molecular weight excluding hydrogens is 248 g/mol. The van der Waals surface area contributed by atoms with Crippen LogP contribution in [0.2, 0.25) is 0 Å². The van der Waals surface area contributed by atoms with Gasteiger partial charge in [-0.25, -0.2) is 0 Å². The highest BCUT2D eigenvalue weighted by atomic mass is 79.9. The summed E-state index contributed by atoms with van der Waals surface area (Å²) in [5, 5.41) is 10.3. The topological polar surface area (TPSA) is 59.8 Å². The second kappa shape index (κ2) is 5.09. The Morgan fingerprint density at radius 3 is 3.00 bits per heavy atom. The van der Waals surface area contributed by atoms with Gasteiger partial charge in [-0.3, -0.25) is 4.79 Å². The Morgan fingerprint density at radius 2 is 2.50 bits per heavy atom. The Labute approximate surface area is 91.0 Å². The monoisotopic (exact) mass is 260 g/mol. The number of carbonyl (C=O) groups excluding carboxylic acids is 1. The molecule has 0 fully saturated rings. The number of aryl methyl sites for hydroxylation is 1. The van der Waals surface area contributed by atoms with Crippen LogP contribution in [0.3, 0.4) is 0 Å². The molecule has 6 heteroatoms. The number of nitrogens with one attached hydrogen (secondary N) is 1. The van der Waals surface area contributed by atoms with E-state index < -0.39 is 0 Å². The van der Waals surface area contributed by atoms with Crippen LogP contribution in [0.25, 0.3) is 0 Å². The number of rotatable bonds is 4. The predicted molar refractivity (Wildman–Crippen MR) is 55.9 cm³/mol. The summed E-state index contributed by atoms with van der Waals surface area (Å²) in [7, 11) is 1.84. The van der Waals surface area contributed by atoms with E-state index in [9.17, 15) is 4.79 Å². The molecule has 0 aromatic carbocycles. The largest absolute Gasteiger partial charge is 0.348 e. The van der Waals surface area contributed by atoms with Crippen LogP contribution in [-0.4, -0.2) is 25.5 Å². The Bertz CT molecular complexity index is 312. The first-order valence-electron chi connectivity index (χ1n) is 4.39. The van der Waals surface area contributed by atoms with Crippen LogP contribution < -0.4 is 5.32 Å². The second-order valence-corrected chi connectivity index (χ2v) is 4.06. The SMILES string of the molecule is CCC(Br)C(=O)NCc1nncn1C. The number of amides is 1. The van der Waals surface area contributed by atoms with E-state index in [1.54, 1.807) is 10.9 Å². The summed E-state index contributed by atoms with van der Waals surface area (Å²) < 4.78 is 1.77. The fourth-order valence-electron chi connectivity index (χ4n) is 0.929. The molecule has 1 aromatic heterocycles. The van der Waals surface area contributed by atoms with Crippen LogP contribution in [0, 0.1) is 0 Å². The lowest BCUT2D eigenvalue weighted by Crippen LogP contribution is -2.31. The van der Waals surface area contributed by atoms with Gasteiger partial charge in [-0.1, -0.05) is 22.9 Å². The van der Waals surface area contributed by atoms with Crippen LogP contribution in [0.5, 0.6) is 0 Å². The molecule has 0 aliphatic carbocycles. The van der Waals surface area contributed by atoms with Gasteiger partial charge < -0.3 is 9.88 Å². The number of nitrogens with zero attached hydrogens (tertiary/aromatic N) is 3. The molecule has 1 heterocycles. The highest BCUT2D eigenvalue weighted by molar-refractivity contribution is 9.10. The van der Waals surface area contributed by atoms with E-state index in [-0.39, 0.29) is 10.7 Å². The molecule has 1 rings (SSSR count). The third-order valence-electron chi connectivity index (χ3n) is 1.87. The molecule has 14 heavy (non-hydrogen) atoms. The Hall–Kier alpha value is -0.910. The number of hydrogen-bond donors (Lipinski definition) is 1. The first-order chi connectivity index (χ1) is 6.65. The summed E-state index contributed by atoms with van der Waals surface area (Å²) in [6, 6.07) is 0. The molecule has 78 valence electrons. The van der Waals surface area contributed by atoms with Crippen LogP contribution in [0.4, 0.5) is 0 Å². The molecular formula is C8H13BrN4O. The van der Waals surface area contributed by atoms with Gasteiger partial charge in [-0.05, 0) is 6.42 Å². The van der Waals surface area contributed by atoms with Gasteiger partial charge in [0.15, 0.2) is 5.82 Å². The molecule has 0 aliphatic heterocycles. The van der Waals surface area contributed by atoms with Crippen molar-refractivity contribution in [1.29, 1.82) is 0 Å². The van der Waals surface area contributed by atoms with Gasteiger partial charge in [0.05, 0.1) is 11.4 Å². The summed E-state index contributed by atoms with van der Waals surface area (Å²) >= 11 is 3.27. The Morgan fingerprint density at radius 1 is 1.79 bits per heavy atom. The number of halogens is 1. The van der Waals surface area contributed by atoms with Crippen molar-refractivity contribution in [2.75, 3.05) is 0 Å². The zero-order valence-corrected chi connectivity index (χ0v) is 9.78. The molecule has 1 amide bonds. The fourth-order valence-corrected chi connectivity index (χ4v) is 1.09. The quantitative estimate of drug-likeness (QED) is 0.807. The average molecular weight is 261 g/mol. The van der Waals surface area contributed by atoms with Gasteiger partial charge in [0.1, 0.15) is 6.33 Å². The summed E-state index contributed by atoms with van der Waals surface area (Å²) in [5.74, 6) is 0.727. The van der Waals surface area contributed by atoms with Gasteiger partial charge in [-0.2, -0.15) is 0 Å². The maximum Gasteiger partial charge on any atom is 0.234 e. The van der Waals surface area contributed by atoms with Crippen LogP contribution in [0.15, 0.2) is 6.33 Å². The minimum Gasteiger partial charge on any atom is -0.348 e. The molecule has 1 atom stereocenters. The van der Waals surface area contributed by atoms with E-state index in [2.05, 4.69) is 31.4 Å². The van der Waals surface area contributed by atoms with Gasteiger partial charge in [0.2, 0.25) is 5.91 Å². The van der Waals surface area contributed by atoms with Crippen LogP contribution in [0.1, 0.15) is 19.2 Å². The molecule has 0 bridgehead atoms. The predicted octanol–water partition coefficient (Wildman–Crippen LogP) is 0.605. The smallest absolute Gasteiger partial charge is 0.234 e. The van der Waals surface area contributed by atoms with Crippen molar-refractivity contribution in [3.8, 4) is 0 Å². The van der Waals surface area contributed by atoms with E-state index in [0.717, 1.165) is 12.2 Å². The van der Waals surface area contributed by atoms with E-state index in [0.29, 0.717) is 6.54 Å². The molecule has 1 aromatic rings. The maximum absolute atomic E-state index is 11.4. The second-order valence-electron chi connectivity index (χ2n) is 2.95.